The van der Waals surface area contributed by atoms with Crippen molar-refractivity contribution >= 4 is 5.78 Å². The minimum atomic E-state index is -1.03. The molecule has 2 nitrogen and oxygen atoms in total. The van der Waals surface area contributed by atoms with E-state index in [-0.39, 0.29) is 11.2 Å². The van der Waals surface area contributed by atoms with Crippen LogP contribution < -0.4 is 0 Å². The molecular weight excluding hydrogens is 356 g/mol. The molecular formula is C27H46O2. The van der Waals surface area contributed by atoms with E-state index in [9.17, 15) is 9.90 Å². The van der Waals surface area contributed by atoms with Crippen LogP contribution in [-0.2, 0) is 4.79 Å². The summed E-state index contributed by atoms with van der Waals surface area (Å²) in [4.78, 5) is 13.3. The topological polar surface area (TPSA) is 37.3 Å². The van der Waals surface area contributed by atoms with Gasteiger partial charge in [0.05, 0.1) is 0 Å². The van der Waals surface area contributed by atoms with Gasteiger partial charge in [0.15, 0.2) is 5.78 Å². The molecule has 0 bridgehead atoms. The summed E-state index contributed by atoms with van der Waals surface area (Å²) in [5.74, 6) is 4.42. The van der Waals surface area contributed by atoms with Crippen LogP contribution in [0.15, 0.2) is 0 Å². The van der Waals surface area contributed by atoms with Gasteiger partial charge >= 0.3 is 0 Å². The van der Waals surface area contributed by atoms with Crippen LogP contribution in [0, 0.1) is 46.3 Å². The van der Waals surface area contributed by atoms with Gasteiger partial charge in [-0.15, -0.1) is 0 Å². The van der Waals surface area contributed by atoms with Crippen molar-refractivity contribution < 1.29 is 9.90 Å². The van der Waals surface area contributed by atoms with Crippen LogP contribution in [0.2, 0.25) is 0 Å². The van der Waals surface area contributed by atoms with Gasteiger partial charge in [0.1, 0.15) is 5.60 Å². The molecule has 4 unspecified atom stereocenters. The maximum Gasteiger partial charge on any atom is 0.165 e. The highest BCUT2D eigenvalue weighted by Gasteiger charge is 2.66. The van der Waals surface area contributed by atoms with Gasteiger partial charge < -0.3 is 5.11 Å². The first-order valence-corrected chi connectivity index (χ1v) is 12.9. The smallest absolute Gasteiger partial charge is 0.165 e. The van der Waals surface area contributed by atoms with Gasteiger partial charge in [-0.25, -0.2) is 0 Å². The number of fused-ring (bicyclic) bond motifs is 5. The zero-order valence-electron chi connectivity index (χ0n) is 19.8. The molecule has 1 N–H and O–H groups in total. The molecule has 166 valence electrons. The van der Waals surface area contributed by atoms with E-state index in [0.29, 0.717) is 36.0 Å². The molecule has 0 spiro atoms. The molecule has 0 radical (unpaired) electrons. The largest absolute Gasteiger partial charge is 0.381 e. The summed E-state index contributed by atoms with van der Waals surface area (Å²) in [5, 5.41) is 11.5. The quantitative estimate of drug-likeness (QED) is 0.549. The van der Waals surface area contributed by atoms with Gasteiger partial charge in [0.25, 0.3) is 0 Å². The van der Waals surface area contributed by atoms with Gasteiger partial charge in [-0.05, 0) is 79.4 Å². The molecule has 0 aromatic carbocycles. The van der Waals surface area contributed by atoms with E-state index in [2.05, 4.69) is 34.6 Å². The molecule has 0 aliphatic heterocycles. The van der Waals surface area contributed by atoms with Crippen molar-refractivity contribution in [2.75, 3.05) is 0 Å². The number of hydrogen-bond acceptors (Lipinski definition) is 2. The van der Waals surface area contributed by atoms with Gasteiger partial charge in [0, 0.05) is 11.8 Å². The Balaban J connectivity index is 1.53. The summed E-state index contributed by atoms with van der Waals surface area (Å²) in [6, 6.07) is 0. The van der Waals surface area contributed by atoms with Crippen molar-refractivity contribution in [2.24, 2.45) is 46.3 Å². The SMILES string of the molecule is CC(C)CCCC(C)[C@@H]1CCC2C3CC(=O)[C@]4(O)CCCC[C@@]4(C)C3CC[C@]21C. The fourth-order valence-corrected chi connectivity index (χ4v) is 9.09. The molecule has 0 amide bonds. The Morgan fingerprint density at radius 1 is 0.966 bits per heavy atom. The normalized spacial score (nSPS) is 48.2. The molecule has 8 atom stereocenters. The average molecular weight is 403 g/mol. The van der Waals surface area contributed by atoms with Gasteiger partial charge in [-0.3, -0.25) is 4.79 Å². The van der Waals surface area contributed by atoms with Crippen LogP contribution in [0.25, 0.3) is 0 Å². The van der Waals surface area contributed by atoms with Crippen molar-refractivity contribution in [1.29, 1.82) is 0 Å². The third-order valence-electron chi connectivity index (χ3n) is 10.8. The molecule has 0 saturated heterocycles. The lowest BCUT2D eigenvalue weighted by molar-refractivity contribution is -0.203. The maximum absolute atomic E-state index is 13.3. The Morgan fingerprint density at radius 3 is 2.41 bits per heavy atom. The number of ketones is 1. The zero-order chi connectivity index (χ0) is 21.0. The lowest BCUT2D eigenvalue weighted by atomic mass is 9.43. The summed E-state index contributed by atoms with van der Waals surface area (Å²) >= 11 is 0. The highest BCUT2D eigenvalue weighted by atomic mass is 16.3. The molecule has 2 heteroatoms. The Kier molecular flexibility index (Phi) is 5.76. The van der Waals surface area contributed by atoms with Gasteiger partial charge in [-0.2, -0.15) is 0 Å². The molecule has 29 heavy (non-hydrogen) atoms. The average Bonchev–Trinajstić information content (AvgIpc) is 3.01. The van der Waals surface area contributed by atoms with E-state index < -0.39 is 5.60 Å². The van der Waals surface area contributed by atoms with Crippen LogP contribution in [0.1, 0.15) is 112 Å². The summed E-state index contributed by atoms with van der Waals surface area (Å²) in [6.07, 6.45) is 14.0. The zero-order valence-corrected chi connectivity index (χ0v) is 19.8. The Hall–Kier alpha value is -0.370. The van der Waals surface area contributed by atoms with E-state index in [0.717, 1.165) is 30.6 Å². The van der Waals surface area contributed by atoms with Crippen LogP contribution in [0.4, 0.5) is 0 Å². The Bertz CT molecular complexity index is 626. The van der Waals surface area contributed by atoms with Gasteiger partial charge in [0.2, 0.25) is 0 Å². The number of hydrogen-bond donors (Lipinski definition) is 1. The molecule has 0 aromatic rings. The van der Waals surface area contributed by atoms with Gasteiger partial charge in [-0.1, -0.05) is 66.7 Å². The van der Waals surface area contributed by atoms with E-state index in [4.69, 9.17) is 0 Å². The standard InChI is InChI=1S/C27H46O2/c1-18(2)9-8-10-19(3)21-11-12-22-20-17-24(28)27(29)15-7-6-14-26(27,5)23(20)13-16-25(21,22)4/h18-23,29H,6-17H2,1-5H3/t19?,20?,21-,22?,23?,25-,26-,27+/m0/s1. The highest BCUT2D eigenvalue weighted by Crippen LogP contribution is 2.68. The van der Waals surface area contributed by atoms with Crippen molar-refractivity contribution in [2.45, 2.75) is 117 Å². The summed E-state index contributed by atoms with van der Waals surface area (Å²) in [5.41, 5.74) is -0.783. The summed E-state index contributed by atoms with van der Waals surface area (Å²) in [6.45, 7) is 12.1. The third kappa shape index (κ3) is 3.26. The fraction of sp³-hybridized carbons (Fsp3) is 0.963. The number of carbonyl (C=O) groups excluding carboxylic acids is 1. The van der Waals surface area contributed by atoms with Crippen molar-refractivity contribution in [1.82, 2.24) is 0 Å². The number of aliphatic hydroxyl groups is 1. The summed E-state index contributed by atoms with van der Waals surface area (Å²) < 4.78 is 0. The predicted molar refractivity (Wildman–Crippen MR) is 120 cm³/mol. The second kappa shape index (κ2) is 7.64. The Morgan fingerprint density at radius 2 is 1.69 bits per heavy atom. The molecule has 4 aliphatic carbocycles. The van der Waals surface area contributed by atoms with E-state index >= 15 is 0 Å². The van der Waals surface area contributed by atoms with Crippen molar-refractivity contribution in [3.63, 3.8) is 0 Å². The first-order valence-electron chi connectivity index (χ1n) is 12.9. The third-order valence-corrected chi connectivity index (χ3v) is 10.8. The van der Waals surface area contributed by atoms with Crippen molar-refractivity contribution in [3.8, 4) is 0 Å². The summed E-state index contributed by atoms with van der Waals surface area (Å²) in [7, 11) is 0. The molecule has 4 fully saturated rings. The first kappa shape index (κ1) is 21.8. The minimum absolute atomic E-state index is 0.173. The second-order valence-corrected chi connectivity index (χ2v) is 12.5. The van der Waals surface area contributed by atoms with Crippen LogP contribution in [0.5, 0.6) is 0 Å². The monoisotopic (exact) mass is 402 g/mol. The number of carbonyl (C=O) groups is 1. The second-order valence-electron chi connectivity index (χ2n) is 12.5. The molecule has 0 heterocycles. The fourth-order valence-electron chi connectivity index (χ4n) is 9.09. The Labute approximate surface area is 179 Å². The molecule has 0 aromatic heterocycles. The molecule has 4 saturated carbocycles. The predicted octanol–water partition coefficient (Wildman–Crippen LogP) is 6.79. The van der Waals surface area contributed by atoms with Crippen molar-refractivity contribution in [3.05, 3.63) is 0 Å². The van der Waals surface area contributed by atoms with E-state index in [1.54, 1.807) is 0 Å². The lowest BCUT2D eigenvalue weighted by Gasteiger charge is -2.62. The molecule has 4 aliphatic rings. The number of rotatable bonds is 5. The minimum Gasteiger partial charge on any atom is -0.381 e. The van der Waals surface area contributed by atoms with E-state index in [1.807, 2.05) is 0 Å². The first-order chi connectivity index (χ1) is 13.6. The maximum atomic E-state index is 13.3. The highest BCUT2D eigenvalue weighted by molar-refractivity contribution is 5.89. The van der Waals surface area contributed by atoms with E-state index in [1.165, 1.54) is 51.4 Å². The van der Waals surface area contributed by atoms with Crippen LogP contribution in [-0.4, -0.2) is 16.5 Å². The van der Waals surface area contributed by atoms with Crippen LogP contribution in [0.3, 0.4) is 0 Å². The van der Waals surface area contributed by atoms with Crippen LogP contribution >= 0.6 is 0 Å². The number of Topliss-reactive ketones (excluding diaryl/α,β-unsaturated/α-hetero) is 1. The lowest BCUT2D eigenvalue weighted by Crippen LogP contribution is -2.65. The molecule has 4 rings (SSSR count).